The zero-order valence-electron chi connectivity index (χ0n) is 10.3. The fourth-order valence-corrected chi connectivity index (χ4v) is 2.94. The summed E-state index contributed by atoms with van der Waals surface area (Å²) in [7, 11) is 1.64. The summed E-state index contributed by atoms with van der Waals surface area (Å²) in [5.41, 5.74) is 1.08. The average molecular weight is 283 g/mol. The first-order valence-corrected chi connectivity index (χ1v) is 6.91. The summed E-state index contributed by atoms with van der Waals surface area (Å²) in [4.78, 5) is 5.38. The SMILES string of the molecule is CCNC(c1cncc(OC)c1)c1ccc(Cl)s1. The molecule has 0 saturated heterocycles. The molecule has 0 aromatic carbocycles. The first kappa shape index (κ1) is 13.3. The average Bonchev–Trinajstić information content (AvgIpc) is 2.82. The Bertz CT molecular complexity index is 515. The lowest BCUT2D eigenvalue weighted by molar-refractivity contribution is 0.411. The highest BCUT2D eigenvalue weighted by atomic mass is 35.5. The van der Waals surface area contributed by atoms with Crippen LogP contribution in [0.2, 0.25) is 4.34 Å². The second-order valence-electron chi connectivity index (χ2n) is 3.79. The summed E-state index contributed by atoms with van der Waals surface area (Å²) in [6.45, 7) is 2.95. The van der Waals surface area contributed by atoms with Crippen molar-refractivity contribution in [2.45, 2.75) is 13.0 Å². The monoisotopic (exact) mass is 282 g/mol. The number of rotatable bonds is 5. The van der Waals surface area contributed by atoms with Crippen LogP contribution in [0.5, 0.6) is 5.75 Å². The van der Waals surface area contributed by atoms with E-state index in [1.165, 1.54) is 4.88 Å². The Hall–Kier alpha value is -1.10. The number of aromatic nitrogens is 1. The van der Waals surface area contributed by atoms with E-state index < -0.39 is 0 Å². The van der Waals surface area contributed by atoms with Crippen molar-refractivity contribution < 1.29 is 4.74 Å². The van der Waals surface area contributed by atoms with E-state index >= 15 is 0 Å². The maximum atomic E-state index is 6.00. The van der Waals surface area contributed by atoms with Gasteiger partial charge in [-0.05, 0) is 30.3 Å². The molecule has 0 aliphatic heterocycles. The van der Waals surface area contributed by atoms with E-state index in [1.54, 1.807) is 24.6 Å². The predicted molar refractivity (Wildman–Crippen MR) is 75.6 cm³/mol. The molecule has 0 bridgehead atoms. The third-order valence-corrected chi connectivity index (χ3v) is 3.89. The van der Waals surface area contributed by atoms with E-state index in [0.29, 0.717) is 0 Å². The fourth-order valence-electron chi connectivity index (χ4n) is 1.78. The molecule has 0 aliphatic rings. The lowest BCUT2D eigenvalue weighted by Crippen LogP contribution is -2.21. The molecule has 2 rings (SSSR count). The Kier molecular flexibility index (Phi) is 4.58. The van der Waals surface area contributed by atoms with Crippen molar-refractivity contribution in [3.8, 4) is 5.75 Å². The van der Waals surface area contributed by atoms with Gasteiger partial charge in [0.2, 0.25) is 0 Å². The van der Waals surface area contributed by atoms with Gasteiger partial charge in [0.05, 0.1) is 23.7 Å². The molecule has 0 fully saturated rings. The quantitative estimate of drug-likeness (QED) is 0.911. The van der Waals surface area contributed by atoms with Gasteiger partial charge in [0.1, 0.15) is 5.75 Å². The molecular weight excluding hydrogens is 268 g/mol. The highest BCUT2D eigenvalue weighted by Crippen LogP contribution is 2.31. The molecular formula is C13H15ClN2OS. The third-order valence-electron chi connectivity index (χ3n) is 2.59. The summed E-state index contributed by atoms with van der Waals surface area (Å²) < 4.78 is 6.01. The summed E-state index contributed by atoms with van der Waals surface area (Å²) in [6, 6.07) is 6.06. The van der Waals surface area contributed by atoms with E-state index in [2.05, 4.69) is 17.2 Å². The second kappa shape index (κ2) is 6.18. The number of pyridine rings is 1. The highest BCUT2D eigenvalue weighted by molar-refractivity contribution is 7.16. The molecule has 1 atom stereocenters. The van der Waals surface area contributed by atoms with E-state index in [9.17, 15) is 0 Å². The maximum absolute atomic E-state index is 6.00. The maximum Gasteiger partial charge on any atom is 0.137 e. The van der Waals surface area contributed by atoms with E-state index in [1.807, 2.05) is 24.4 Å². The molecule has 96 valence electrons. The largest absolute Gasteiger partial charge is 0.495 e. The van der Waals surface area contributed by atoms with Gasteiger partial charge in [-0.15, -0.1) is 11.3 Å². The van der Waals surface area contributed by atoms with Gasteiger partial charge in [0, 0.05) is 11.1 Å². The van der Waals surface area contributed by atoms with Crippen LogP contribution in [0.4, 0.5) is 0 Å². The predicted octanol–water partition coefficient (Wildman–Crippen LogP) is 3.50. The van der Waals surface area contributed by atoms with Crippen LogP contribution in [-0.4, -0.2) is 18.6 Å². The lowest BCUT2D eigenvalue weighted by Gasteiger charge is -2.17. The van der Waals surface area contributed by atoms with Crippen molar-refractivity contribution in [1.29, 1.82) is 0 Å². The Labute approximate surface area is 116 Å². The molecule has 1 unspecified atom stereocenters. The summed E-state index contributed by atoms with van der Waals surface area (Å²) in [5, 5.41) is 3.44. The van der Waals surface area contributed by atoms with Crippen molar-refractivity contribution in [3.05, 3.63) is 45.4 Å². The number of hydrogen-bond donors (Lipinski definition) is 1. The topological polar surface area (TPSA) is 34.2 Å². The number of ether oxygens (including phenoxy) is 1. The molecule has 2 aromatic heterocycles. The van der Waals surface area contributed by atoms with Crippen LogP contribution < -0.4 is 10.1 Å². The molecule has 5 heteroatoms. The highest BCUT2D eigenvalue weighted by Gasteiger charge is 2.16. The van der Waals surface area contributed by atoms with Crippen molar-refractivity contribution in [2.75, 3.05) is 13.7 Å². The van der Waals surface area contributed by atoms with Crippen LogP contribution in [0.25, 0.3) is 0 Å². The minimum atomic E-state index is 0.107. The van der Waals surface area contributed by atoms with E-state index in [4.69, 9.17) is 16.3 Å². The summed E-state index contributed by atoms with van der Waals surface area (Å²) in [5.74, 6) is 0.762. The van der Waals surface area contributed by atoms with Gasteiger partial charge in [0.25, 0.3) is 0 Å². The van der Waals surface area contributed by atoms with Crippen molar-refractivity contribution in [2.24, 2.45) is 0 Å². The van der Waals surface area contributed by atoms with Crippen molar-refractivity contribution in [1.82, 2.24) is 10.3 Å². The van der Waals surface area contributed by atoms with Gasteiger partial charge < -0.3 is 10.1 Å². The van der Waals surface area contributed by atoms with Gasteiger partial charge in [0.15, 0.2) is 0 Å². The van der Waals surface area contributed by atoms with Gasteiger partial charge in [-0.2, -0.15) is 0 Å². The summed E-state index contributed by atoms with van der Waals surface area (Å²) >= 11 is 7.58. The number of nitrogens with one attached hydrogen (secondary N) is 1. The smallest absolute Gasteiger partial charge is 0.137 e. The lowest BCUT2D eigenvalue weighted by atomic mass is 10.1. The molecule has 0 radical (unpaired) electrons. The van der Waals surface area contributed by atoms with Crippen LogP contribution in [0.1, 0.15) is 23.4 Å². The first-order valence-electron chi connectivity index (χ1n) is 5.72. The van der Waals surface area contributed by atoms with Crippen LogP contribution in [0.3, 0.4) is 0 Å². The Morgan fingerprint density at radius 3 is 2.89 bits per heavy atom. The van der Waals surface area contributed by atoms with Crippen LogP contribution in [0, 0.1) is 0 Å². The van der Waals surface area contributed by atoms with Crippen molar-refractivity contribution >= 4 is 22.9 Å². The molecule has 0 spiro atoms. The number of methoxy groups -OCH3 is 1. The zero-order chi connectivity index (χ0) is 13.0. The normalized spacial score (nSPS) is 12.4. The molecule has 1 N–H and O–H groups in total. The second-order valence-corrected chi connectivity index (χ2v) is 5.54. The Morgan fingerprint density at radius 2 is 2.28 bits per heavy atom. The minimum absolute atomic E-state index is 0.107. The van der Waals surface area contributed by atoms with Gasteiger partial charge in [-0.3, -0.25) is 4.98 Å². The number of hydrogen-bond acceptors (Lipinski definition) is 4. The third kappa shape index (κ3) is 3.02. The Morgan fingerprint density at radius 1 is 1.44 bits per heavy atom. The molecule has 0 amide bonds. The molecule has 2 heterocycles. The standard InChI is InChI=1S/C13H15ClN2OS/c1-3-16-13(11-4-5-12(14)18-11)9-6-10(17-2)8-15-7-9/h4-8,13,16H,3H2,1-2H3. The van der Waals surface area contributed by atoms with E-state index in [0.717, 1.165) is 22.2 Å². The molecule has 3 nitrogen and oxygen atoms in total. The van der Waals surface area contributed by atoms with Crippen LogP contribution >= 0.6 is 22.9 Å². The zero-order valence-corrected chi connectivity index (χ0v) is 11.9. The molecule has 0 aliphatic carbocycles. The molecule has 18 heavy (non-hydrogen) atoms. The fraction of sp³-hybridized carbons (Fsp3) is 0.308. The van der Waals surface area contributed by atoms with Crippen molar-refractivity contribution in [3.63, 3.8) is 0 Å². The molecule has 2 aromatic rings. The van der Waals surface area contributed by atoms with E-state index in [-0.39, 0.29) is 6.04 Å². The minimum Gasteiger partial charge on any atom is -0.495 e. The number of halogens is 1. The number of nitrogens with zero attached hydrogens (tertiary/aromatic N) is 1. The number of thiophene rings is 1. The van der Waals surface area contributed by atoms with Crippen LogP contribution in [-0.2, 0) is 0 Å². The van der Waals surface area contributed by atoms with Gasteiger partial charge >= 0.3 is 0 Å². The summed E-state index contributed by atoms with van der Waals surface area (Å²) in [6.07, 6.45) is 3.55. The Balaban J connectivity index is 2.34. The first-order chi connectivity index (χ1) is 8.74. The van der Waals surface area contributed by atoms with Gasteiger partial charge in [-0.1, -0.05) is 18.5 Å². The molecule has 0 saturated carbocycles. The van der Waals surface area contributed by atoms with Gasteiger partial charge in [-0.25, -0.2) is 0 Å². The van der Waals surface area contributed by atoms with Crippen LogP contribution in [0.15, 0.2) is 30.6 Å².